The van der Waals surface area contributed by atoms with Crippen molar-refractivity contribution in [3.63, 3.8) is 0 Å². The Kier molecular flexibility index (Phi) is 56.5. The van der Waals surface area contributed by atoms with Crippen LogP contribution in [0.5, 0.6) is 0 Å². The van der Waals surface area contributed by atoms with E-state index in [-0.39, 0.29) is 17.9 Å². The summed E-state index contributed by atoms with van der Waals surface area (Å²) in [5.41, 5.74) is 0. The van der Waals surface area contributed by atoms with Crippen LogP contribution in [0.15, 0.2) is 0 Å². The third kappa shape index (κ3) is 51.5. The molecule has 0 saturated carbocycles. The molecule has 0 saturated heterocycles. The van der Waals surface area contributed by atoms with Crippen LogP contribution in [0.2, 0.25) is 0 Å². The number of hydrogen-bond acceptors (Lipinski definition) is 10. The molecular formula is C63H124N2O6S2. The molecule has 0 aromatic heterocycles. The molecular weight excluding hydrogens is 945 g/mol. The molecule has 0 rings (SSSR count). The number of nitrogens with zero attached hydrogens (tertiary/aromatic N) is 2. The standard InChI is InChI=1S/C63H124N2O6S2/c1-8-13-18-21-22-27-32-39-54-72-73-55-53-69-63(68)49-52-65(51-40-50-64(6)7)60(45-35-28-23-25-30-37-47-61(66)70-56-58(41-16-11-4)43-33-19-14-9-2)46-36-29-24-26-31-38-48-62(67)71-57-59(42-17-12-5)44-34-20-15-10-3/h58-60H,8-57H2,1-7H3. The van der Waals surface area contributed by atoms with Gasteiger partial charge in [-0.1, -0.05) is 242 Å². The first-order valence-corrected chi connectivity index (χ1v) is 34.3. The Balaban J connectivity index is 5.06. The number of unbranched alkanes of at least 4 members (excludes halogenated alkanes) is 25. The smallest absolute Gasteiger partial charge is 0.307 e. The summed E-state index contributed by atoms with van der Waals surface area (Å²) in [6.45, 7) is 15.8. The van der Waals surface area contributed by atoms with Crippen molar-refractivity contribution in [1.29, 1.82) is 0 Å². The maximum Gasteiger partial charge on any atom is 0.307 e. The van der Waals surface area contributed by atoms with Gasteiger partial charge in [0.15, 0.2) is 0 Å². The minimum atomic E-state index is -0.0600. The van der Waals surface area contributed by atoms with Crippen LogP contribution in [-0.2, 0) is 28.6 Å². The maximum atomic E-state index is 13.1. The fourth-order valence-electron chi connectivity index (χ4n) is 10.1. The number of esters is 3. The Morgan fingerprint density at radius 1 is 0.356 bits per heavy atom. The monoisotopic (exact) mass is 1070 g/mol. The van der Waals surface area contributed by atoms with Gasteiger partial charge in [0.2, 0.25) is 0 Å². The first-order chi connectivity index (χ1) is 35.7. The van der Waals surface area contributed by atoms with E-state index < -0.39 is 0 Å². The van der Waals surface area contributed by atoms with E-state index in [4.69, 9.17) is 14.2 Å². The van der Waals surface area contributed by atoms with Gasteiger partial charge in [-0.05, 0) is 103 Å². The van der Waals surface area contributed by atoms with E-state index in [0.717, 1.165) is 70.3 Å². The van der Waals surface area contributed by atoms with Crippen LogP contribution in [0.3, 0.4) is 0 Å². The highest BCUT2D eigenvalue weighted by Crippen LogP contribution is 2.25. The predicted octanol–water partition coefficient (Wildman–Crippen LogP) is 18.9. The van der Waals surface area contributed by atoms with Crippen LogP contribution in [0.25, 0.3) is 0 Å². The molecule has 0 spiro atoms. The Labute approximate surface area is 462 Å². The largest absolute Gasteiger partial charge is 0.465 e. The molecule has 0 aromatic carbocycles. The number of carbonyl (C=O) groups is 3. The lowest BCUT2D eigenvalue weighted by Gasteiger charge is -2.32. The van der Waals surface area contributed by atoms with Crippen molar-refractivity contribution < 1.29 is 28.6 Å². The minimum Gasteiger partial charge on any atom is -0.465 e. The molecule has 8 nitrogen and oxygen atoms in total. The van der Waals surface area contributed by atoms with Crippen molar-refractivity contribution in [1.82, 2.24) is 9.80 Å². The zero-order valence-corrected chi connectivity index (χ0v) is 51.4. The Morgan fingerprint density at radius 3 is 1.19 bits per heavy atom. The molecule has 0 N–H and O–H groups in total. The Bertz CT molecular complexity index is 1120. The molecule has 0 heterocycles. The van der Waals surface area contributed by atoms with Crippen molar-refractivity contribution in [2.24, 2.45) is 11.8 Å². The molecule has 0 amide bonds. The SMILES string of the molecule is CCCCCCCCCCSSCCOC(=O)CCN(CCCN(C)C)C(CCCCCCCCC(=O)OCC(CCCC)CCCCCC)CCCCCCCCC(=O)OCC(CCCC)CCCCCC. The van der Waals surface area contributed by atoms with E-state index in [2.05, 4.69) is 58.5 Å². The van der Waals surface area contributed by atoms with Gasteiger partial charge < -0.3 is 19.1 Å². The molecule has 73 heavy (non-hydrogen) atoms. The van der Waals surface area contributed by atoms with E-state index in [0.29, 0.717) is 57.0 Å². The lowest BCUT2D eigenvalue weighted by atomic mass is 9.96. The highest BCUT2D eigenvalue weighted by Gasteiger charge is 2.20. The number of hydrogen-bond donors (Lipinski definition) is 0. The minimum absolute atomic E-state index is 0.00654. The summed E-state index contributed by atoms with van der Waals surface area (Å²) in [5, 5.41) is 0. The van der Waals surface area contributed by atoms with Crippen LogP contribution in [-0.4, -0.2) is 98.8 Å². The van der Waals surface area contributed by atoms with Crippen LogP contribution in [0.1, 0.15) is 304 Å². The maximum absolute atomic E-state index is 13.1. The second-order valence-electron chi connectivity index (χ2n) is 22.3. The molecule has 0 bridgehead atoms. The summed E-state index contributed by atoms with van der Waals surface area (Å²) in [4.78, 5) is 43.3. The average molecular weight is 1070 g/mol. The van der Waals surface area contributed by atoms with Crippen LogP contribution < -0.4 is 0 Å². The molecule has 0 radical (unpaired) electrons. The summed E-state index contributed by atoms with van der Waals surface area (Å²) in [5.74, 6) is 3.00. The van der Waals surface area contributed by atoms with Gasteiger partial charge in [-0.15, -0.1) is 0 Å². The molecule has 2 unspecified atom stereocenters. The molecule has 0 aliphatic heterocycles. The summed E-state index contributed by atoms with van der Waals surface area (Å²) in [6, 6.07) is 0.461. The van der Waals surface area contributed by atoms with E-state index in [9.17, 15) is 14.4 Å². The van der Waals surface area contributed by atoms with Crippen molar-refractivity contribution in [3.05, 3.63) is 0 Å². The first kappa shape index (κ1) is 72.0. The second kappa shape index (κ2) is 57.2. The number of rotatable bonds is 59. The van der Waals surface area contributed by atoms with E-state index in [1.807, 2.05) is 21.6 Å². The summed E-state index contributed by atoms with van der Waals surface area (Å²) < 4.78 is 17.4. The van der Waals surface area contributed by atoms with Gasteiger partial charge in [0.05, 0.1) is 19.6 Å². The predicted molar refractivity (Wildman–Crippen MR) is 321 cm³/mol. The van der Waals surface area contributed by atoms with Crippen LogP contribution in [0.4, 0.5) is 0 Å². The van der Waals surface area contributed by atoms with E-state index >= 15 is 0 Å². The Morgan fingerprint density at radius 2 is 0.726 bits per heavy atom. The molecule has 2 atom stereocenters. The fourth-order valence-corrected chi connectivity index (χ4v) is 12.1. The average Bonchev–Trinajstić information content (AvgIpc) is 3.38. The molecule has 434 valence electrons. The van der Waals surface area contributed by atoms with Gasteiger partial charge in [-0.25, -0.2) is 0 Å². The van der Waals surface area contributed by atoms with Gasteiger partial charge in [-0.2, -0.15) is 0 Å². The lowest BCUT2D eigenvalue weighted by Crippen LogP contribution is -2.39. The van der Waals surface area contributed by atoms with Crippen LogP contribution in [0, 0.1) is 11.8 Å². The zero-order chi connectivity index (χ0) is 53.5. The third-order valence-corrected chi connectivity index (χ3v) is 17.4. The Hall–Kier alpha value is -0.970. The van der Waals surface area contributed by atoms with E-state index in [1.54, 1.807) is 0 Å². The van der Waals surface area contributed by atoms with Crippen molar-refractivity contribution in [3.8, 4) is 0 Å². The molecule has 0 aromatic rings. The molecule has 10 heteroatoms. The van der Waals surface area contributed by atoms with Crippen LogP contribution >= 0.6 is 21.6 Å². The molecule has 0 aliphatic rings. The topological polar surface area (TPSA) is 85.4 Å². The summed E-state index contributed by atoms with van der Waals surface area (Å²) in [7, 11) is 8.08. The third-order valence-electron chi connectivity index (χ3n) is 14.9. The van der Waals surface area contributed by atoms with Crippen molar-refractivity contribution in [2.45, 2.75) is 310 Å². The quantitative estimate of drug-likeness (QED) is 0.0254. The molecule has 0 aliphatic carbocycles. The van der Waals surface area contributed by atoms with Gasteiger partial charge in [0.1, 0.15) is 6.61 Å². The summed E-state index contributed by atoms with van der Waals surface area (Å²) >= 11 is 0. The van der Waals surface area contributed by atoms with Gasteiger partial charge in [0, 0.05) is 36.9 Å². The van der Waals surface area contributed by atoms with Gasteiger partial charge >= 0.3 is 17.9 Å². The van der Waals surface area contributed by atoms with Gasteiger partial charge in [0.25, 0.3) is 0 Å². The second-order valence-corrected chi connectivity index (χ2v) is 25.0. The van der Waals surface area contributed by atoms with E-state index in [1.165, 1.54) is 211 Å². The normalized spacial score (nSPS) is 12.9. The fraction of sp³-hybridized carbons (Fsp3) is 0.952. The first-order valence-electron chi connectivity index (χ1n) is 31.8. The zero-order valence-electron chi connectivity index (χ0n) is 49.7. The highest BCUT2D eigenvalue weighted by atomic mass is 33.1. The number of ether oxygens (including phenoxy) is 3. The van der Waals surface area contributed by atoms with Crippen molar-refractivity contribution in [2.75, 3.05) is 65.1 Å². The molecule has 0 fully saturated rings. The summed E-state index contributed by atoms with van der Waals surface area (Å²) in [6.07, 6.45) is 49.1. The highest BCUT2D eigenvalue weighted by molar-refractivity contribution is 8.76. The van der Waals surface area contributed by atoms with Gasteiger partial charge in [-0.3, -0.25) is 19.3 Å². The van der Waals surface area contributed by atoms with Crippen molar-refractivity contribution >= 4 is 39.5 Å². The lowest BCUT2D eigenvalue weighted by molar-refractivity contribution is -0.146. The number of carbonyl (C=O) groups excluding carboxylic acids is 3.